The number of hydrogen-bond acceptors (Lipinski definition) is 3. The van der Waals surface area contributed by atoms with Gasteiger partial charge in [-0.1, -0.05) is 19.1 Å². The van der Waals surface area contributed by atoms with Crippen LogP contribution in [0.25, 0.3) is 0 Å². The first-order chi connectivity index (χ1) is 9.58. The van der Waals surface area contributed by atoms with Gasteiger partial charge in [-0.05, 0) is 31.0 Å². The largest absolute Gasteiger partial charge is 0.402 e. The summed E-state index contributed by atoms with van der Waals surface area (Å²) in [6.07, 6.45) is -4.28. The first-order valence-electron chi connectivity index (χ1n) is 6.50. The Morgan fingerprint density at radius 1 is 1.24 bits per heavy atom. The van der Waals surface area contributed by atoms with Crippen molar-refractivity contribution in [2.45, 2.75) is 37.4 Å². The number of nitrogens with two attached hydrogens (primary N) is 1. The predicted molar refractivity (Wildman–Crippen MR) is 74.1 cm³/mol. The lowest BCUT2D eigenvalue weighted by atomic mass is 10.1. The third kappa shape index (κ3) is 4.98. The second kappa shape index (κ2) is 6.76. The third-order valence-corrected chi connectivity index (χ3v) is 4.73. The zero-order valence-corrected chi connectivity index (χ0v) is 12.7. The van der Waals surface area contributed by atoms with E-state index in [1.807, 2.05) is 0 Å². The van der Waals surface area contributed by atoms with Gasteiger partial charge in [0.05, 0.1) is 4.90 Å². The quantitative estimate of drug-likeness (QED) is 0.875. The van der Waals surface area contributed by atoms with Crippen LogP contribution in [0.4, 0.5) is 13.2 Å². The van der Waals surface area contributed by atoms with Gasteiger partial charge in [0.15, 0.2) is 0 Å². The van der Waals surface area contributed by atoms with Gasteiger partial charge >= 0.3 is 6.18 Å². The molecule has 8 heteroatoms. The molecule has 1 atom stereocenters. The van der Waals surface area contributed by atoms with E-state index >= 15 is 0 Å². The summed E-state index contributed by atoms with van der Waals surface area (Å²) in [7, 11) is -4.17. The maximum atomic E-state index is 12.5. The van der Waals surface area contributed by atoms with E-state index in [1.54, 1.807) is 13.8 Å². The molecule has 0 saturated carbocycles. The van der Waals surface area contributed by atoms with Crippen molar-refractivity contribution < 1.29 is 21.6 Å². The minimum atomic E-state index is -4.58. The van der Waals surface area contributed by atoms with Crippen molar-refractivity contribution in [2.24, 2.45) is 5.73 Å². The van der Waals surface area contributed by atoms with Crippen LogP contribution >= 0.6 is 0 Å². The van der Waals surface area contributed by atoms with Crippen molar-refractivity contribution in [1.29, 1.82) is 0 Å². The zero-order chi connectivity index (χ0) is 16.3. The summed E-state index contributed by atoms with van der Waals surface area (Å²) in [6, 6.07) is 5.31. The maximum absolute atomic E-state index is 12.5. The summed E-state index contributed by atoms with van der Waals surface area (Å²) in [5.41, 5.74) is 6.37. The Hall–Kier alpha value is -1.12. The molecular formula is C13H19F3N2O2S. The topological polar surface area (TPSA) is 63.4 Å². The van der Waals surface area contributed by atoms with Gasteiger partial charge in [-0.15, -0.1) is 0 Å². The van der Waals surface area contributed by atoms with E-state index in [4.69, 9.17) is 5.73 Å². The molecule has 0 aliphatic rings. The van der Waals surface area contributed by atoms with Gasteiger partial charge in [-0.2, -0.15) is 17.5 Å². The minimum Gasteiger partial charge on any atom is -0.324 e. The Kier molecular flexibility index (Phi) is 5.77. The molecule has 0 aliphatic carbocycles. The number of sulfonamides is 1. The molecular weight excluding hydrogens is 305 g/mol. The SMILES string of the molecule is CCCN(CC(F)(F)F)S(=O)(=O)c1ccc(C(C)N)cc1. The highest BCUT2D eigenvalue weighted by molar-refractivity contribution is 7.89. The average molecular weight is 324 g/mol. The Bertz CT molecular complexity index is 554. The van der Waals surface area contributed by atoms with E-state index in [-0.39, 0.29) is 17.5 Å². The second-order valence-corrected chi connectivity index (χ2v) is 6.75. The highest BCUT2D eigenvalue weighted by Crippen LogP contribution is 2.23. The lowest BCUT2D eigenvalue weighted by molar-refractivity contribution is -0.136. The molecule has 2 N–H and O–H groups in total. The number of halogens is 3. The Balaban J connectivity index is 3.10. The molecule has 0 spiro atoms. The van der Waals surface area contributed by atoms with E-state index in [0.717, 1.165) is 0 Å². The van der Waals surface area contributed by atoms with Gasteiger partial charge in [0.2, 0.25) is 10.0 Å². The fourth-order valence-electron chi connectivity index (χ4n) is 1.83. The van der Waals surface area contributed by atoms with Gasteiger partial charge in [0, 0.05) is 12.6 Å². The number of benzene rings is 1. The third-order valence-electron chi connectivity index (χ3n) is 2.87. The Labute approximate surface area is 122 Å². The van der Waals surface area contributed by atoms with Crippen LogP contribution in [0.1, 0.15) is 31.9 Å². The molecule has 1 rings (SSSR count). The first-order valence-corrected chi connectivity index (χ1v) is 7.94. The van der Waals surface area contributed by atoms with Crippen LogP contribution in [0.15, 0.2) is 29.2 Å². The van der Waals surface area contributed by atoms with Crippen molar-refractivity contribution in [1.82, 2.24) is 4.31 Å². The molecule has 0 radical (unpaired) electrons. The molecule has 4 nitrogen and oxygen atoms in total. The molecule has 1 aromatic carbocycles. The first kappa shape index (κ1) is 17.9. The standard InChI is InChI=1S/C13H19F3N2O2S/c1-3-8-18(9-13(14,15)16)21(19,20)12-6-4-11(5-7-12)10(2)17/h4-7,10H,3,8-9,17H2,1-2H3. The fraction of sp³-hybridized carbons (Fsp3) is 0.538. The highest BCUT2D eigenvalue weighted by atomic mass is 32.2. The molecule has 21 heavy (non-hydrogen) atoms. The van der Waals surface area contributed by atoms with E-state index in [0.29, 0.717) is 16.3 Å². The summed E-state index contributed by atoms with van der Waals surface area (Å²) in [5.74, 6) is 0. The van der Waals surface area contributed by atoms with Gasteiger partial charge in [-0.3, -0.25) is 0 Å². The fourth-order valence-corrected chi connectivity index (χ4v) is 3.34. The summed E-state index contributed by atoms with van der Waals surface area (Å²) >= 11 is 0. The maximum Gasteiger partial charge on any atom is 0.402 e. The summed E-state index contributed by atoms with van der Waals surface area (Å²) in [4.78, 5) is -0.162. The lowest BCUT2D eigenvalue weighted by Crippen LogP contribution is -2.39. The predicted octanol–water partition coefficient (Wildman–Crippen LogP) is 2.67. The molecule has 0 bridgehead atoms. The molecule has 0 heterocycles. The van der Waals surface area contributed by atoms with E-state index in [2.05, 4.69) is 0 Å². The monoisotopic (exact) mass is 324 g/mol. The number of nitrogens with zero attached hydrogens (tertiary/aromatic N) is 1. The summed E-state index contributed by atoms with van der Waals surface area (Å²) in [6.45, 7) is 1.68. The van der Waals surface area contributed by atoms with Gasteiger partial charge in [-0.25, -0.2) is 8.42 Å². The molecule has 0 saturated heterocycles. The molecule has 1 unspecified atom stereocenters. The van der Waals surface area contributed by atoms with Crippen LogP contribution in [0.3, 0.4) is 0 Å². The van der Waals surface area contributed by atoms with Crippen LogP contribution < -0.4 is 5.73 Å². The van der Waals surface area contributed by atoms with Crippen molar-refractivity contribution in [3.63, 3.8) is 0 Å². The smallest absolute Gasteiger partial charge is 0.324 e. The number of rotatable bonds is 6. The van der Waals surface area contributed by atoms with Gasteiger partial charge in [0.25, 0.3) is 0 Å². The zero-order valence-electron chi connectivity index (χ0n) is 11.9. The molecule has 120 valence electrons. The molecule has 0 fully saturated rings. The van der Waals surface area contributed by atoms with Crippen molar-refractivity contribution >= 4 is 10.0 Å². The molecule has 0 aliphatic heterocycles. The van der Waals surface area contributed by atoms with Gasteiger partial charge < -0.3 is 5.73 Å². The lowest BCUT2D eigenvalue weighted by Gasteiger charge is -2.23. The average Bonchev–Trinajstić information content (AvgIpc) is 2.36. The van der Waals surface area contributed by atoms with Crippen LogP contribution in [0.2, 0.25) is 0 Å². The Morgan fingerprint density at radius 2 is 1.76 bits per heavy atom. The van der Waals surface area contributed by atoms with Crippen molar-refractivity contribution in [3.8, 4) is 0 Å². The van der Waals surface area contributed by atoms with E-state index in [1.165, 1.54) is 24.3 Å². The molecule has 0 amide bonds. The van der Waals surface area contributed by atoms with Crippen molar-refractivity contribution in [2.75, 3.05) is 13.1 Å². The summed E-state index contributed by atoms with van der Waals surface area (Å²) in [5, 5.41) is 0. The van der Waals surface area contributed by atoms with Crippen LogP contribution in [0.5, 0.6) is 0 Å². The second-order valence-electron chi connectivity index (χ2n) is 4.81. The van der Waals surface area contributed by atoms with E-state index < -0.39 is 22.7 Å². The highest BCUT2D eigenvalue weighted by Gasteiger charge is 2.36. The number of alkyl halides is 3. The van der Waals surface area contributed by atoms with Crippen molar-refractivity contribution in [3.05, 3.63) is 29.8 Å². The van der Waals surface area contributed by atoms with Crippen LogP contribution in [-0.4, -0.2) is 32.0 Å². The number of hydrogen-bond donors (Lipinski definition) is 1. The van der Waals surface area contributed by atoms with Crippen LogP contribution in [-0.2, 0) is 10.0 Å². The summed E-state index contributed by atoms with van der Waals surface area (Å²) < 4.78 is 62.6. The van der Waals surface area contributed by atoms with E-state index in [9.17, 15) is 21.6 Å². The normalized spacial score (nSPS) is 14.4. The minimum absolute atomic E-state index is 0.162. The van der Waals surface area contributed by atoms with Gasteiger partial charge in [0.1, 0.15) is 6.54 Å². The molecule has 0 aromatic heterocycles. The van der Waals surface area contributed by atoms with Crippen LogP contribution in [0, 0.1) is 0 Å². The molecule has 1 aromatic rings. The Morgan fingerprint density at radius 3 is 2.14 bits per heavy atom.